The zero-order valence-electron chi connectivity index (χ0n) is 9.97. The third-order valence-corrected chi connectivity index (χ3v) is 3.49. The predicted molar refractivity (Wildman–Crippen MR) is 78.3 cm³/mol. The van der Waals surface area contributed by atoms with Gasteiger partial charge in [0.25, 0.3) is 0 Å². The van der Waals surface area contributed by atoms with E-state index in [2.05, 4.69) is 27.3 Å². The molecular formula is C14H9BrClFN2. The van der Waals surface area contributed by atoms with E-state index in [1.54, 1.807) is 6.07 Å². The quantitative estimate of drug-likeness (QED) is 0.819. The zero-order valence-corrected chi connectivity index (χ0v) is 12.3. The molecule has 0 atom stereocenters. The van der Waals surface area contributed by atoms with Crippen molar-refractivity contribution in [3.63, 3.8) is 0 Å². The largest absolute Gasteiger partial charge is 0.352 e. The third kappa shape index (κ3) is 3.06. The second-order valence-corrected chi connectivity index (χ2v) is 5.29. The van der Waals surface area contributed by atoms with Gasteiger partial charge in [0.15, 0.2) is 0 Å². The lowest BCUT2D eigenvalue weighted by atomic mass is 10.1. The number of nitrogens with zero attached hydrogens (tertiary/aromatic N) is 1. The van der Waals surface area contributed by atoms with Crippen molar-refractivity contribution < 1.29 is 4.39 Å². The molecule has 0 aliphatic carbocycles. The Bertz CT molecular complexity index is 657. The lowest BCUT2D eigenvalue weighted by Gasteiger charge is -2.12. The number of hydrogen-bond donors (Lipinski definition) is 1. The molecule has 0 aliphatic heterocycles. The van der Waals surface area contributed by atoms with Crippen LogP contribution in [0.3, 0.4) is 0 Å². The Morgan fingerprint density at radius 2 is 2.05 bits per heavy atom. The highest BCUT2D eigenvalue weighted by Crippen LogP contribution is 2.35. The number of halogens is 3. The molecule has 0 radical (unpaired) electrons. The van der Waals surface area contributed by atoms with Crippen molar-refractivity contribution in [3.05, 3.63) is 56.8 Å². The van der Waals surface area contributed by atoms with E-state index >= 15 is 0 Å². The van der Waals surface area contributed by atoms with Crippen LogP contribution in [0.2, 0.25) is 5.02 Å². The third-order valence-electron chi connectivity index (χ3n) is 2.56. The predicted octanol–water partition coefficient (Wildman–Crippen LogP) is 5.17. The molecule has 0 spiro atoms. The monoisotopic (exact) mass is 338 g/mol. The van der Waals surface area contributed by atoms with E-state index in [1.165, 1.54) is 12.1 Å². The van der Waals surface area contributed by atoms with Gasteiger partial charge in [-0.1, -0.05) is 17.7 Å². The molecule has 5 heteroatoms. The number of rotatable bonds is 2. The van der Waals surface area contributed by atoms with Gasteiger partial charge in [-0.2, -0.15) is 5.26 Å². The van der Waals surface area contributed by atoms with Crippen molar-refractivity contribution in [2.75, 3.05) is 5.32 Å². The van der Waals surface area contributed by atoms with Crippen LogP contribution in [-0.2, 0) is 0 Å². The highest BCUT2D eigenvalue weighted by molar-refractivity contribution is 9.10. The van der Waals surface area contributed by atoms with E-state index in [-0.39, 0.29) is 5.02 Å². The second kappa shape index (κ2) is 5.60. The molecule has 19 heavy (non-hydrogen) atoms. The summed E-state index contributed by atoms with van der Waals surface area (Å²) >= 11 is 9.26. The van der Waals surface area contributed by atoms with Gasteiger partial charge >= 0.3 is 0 Å². The number of anilines is 2. The molecule has 0 amide bonds. The summed E-state index contributed by atoms with van der Waals surface area (Å²) in [6.07, 6.45) is 0. The molecule has 2 nitrogen and oxygen atoms in total. The molecule has 0 saturated carbocycles. The van der Waals surface area contributed by atoms with Crippen LogP contribution < -0.4 is 5.32 Å². The van der Waals surface area contributed by atoms with Gasteiger partial charge in [0.05, 0.1) is 22.0 Å². The number of nitrogens with one attached hydrogen (secondary N) is 1. The highest BCUT2D eigenvalue weighted by atomic mass is 79.9. The fraction of sp³-hybridized carbons (Fsp3) is 0.0714. The Hall–Kier alpha value is -1.57. The maximum absolute atomic E-state index is 13.2. The Labute approximate surface area is 123 Å². The summed E-state index contributed by atoms with van der Waals surface area (Å²) in [5, 5.41) is 12.4. The van der Waals surface area contributed by atoms with E-state index in [1.807, 2.05) is 19.1 Å². The summed E-state index contributed by atoms with van der Waals surface area (Å²) in [6.45, 7) is 1.92. The van der Waals surface area contributed by atoms with Crippen LogP contribution in [0, 0.1) is 24.1 Å². The van der Waals surface area contributed by atoms with E-state index in [0.29, 0.717) is 21.4 Å². The van der Waals surface area contributed by atoms with Gasteiger partial charge in [0, 0.05) is 4.47 Å². The van der Waals surface area contributed by atoms with Gasteiger partial charge in [-0.3, -0.25) is 0 Å². The maximum atomic E-state index is 13.2. The van der Waals surface area contributed by atoms with Gasteiger partial charge in [-0.15, -0.1) is 0 Å². The van der Waals surface area contributed by atoms with Gasteiger partial charge in [0.2, 0.25) is 0 Å². The SMILES string of the molecule is Cc1ccc(C#N)c(Nc2c(Cl)cc(F)cc2Br)c1. The molecule has 0 bridgehead atoms. The first kappa shape index (κ1) is 13.9. The summed E-state index contributed by atoms with van der Waals surface area (Å²) in [5.41, 5.74) is 2.68. The molecule has 0 aliphatic rings. The van der Waals surface area contributed by atoms with Gasteiger partial charge in [0.1, 0.15) is 11.9 Å². The lowest BCUT2D eigenvalue weighted by molar-refractivity contribution is 0.627. The van der Waals surface area contributed by atoms with Crippen LogP contribution in [0.4, 0.5) is 15.8 Å². The summed E-state index contributed by atoms with van der Waals surface area (Å²) < 4.78 is 13.7. The topological polar surface area (TPSA) is 35.8 Å². The molecule has 1 N–H and O–H groups in total. The average Bonchev–Trinajstić information content (AvgIpc) is 2.34. The van der Waals surface area contributed by atoms with Crippen molar-refractivity contribution in [2.24, 2.45) is 0 Å². The molecular weight excluding hydrogens is 331 g/mol. The Balaban J connectivity index is 2.48. The first-order chi connectivity index (χ1) is 9.01. The highest BCUT2D eigenvalue weighted by Gasteiger charge is 2.10. The molecule has 0 heterocycles. The molecule has 2 rings (SSSR count). The molecule has 0 saturated heterocycles. The smallest absolute Gasteiger partial charge is 0.125 e. The molecule has 0 fully saturated rings. The fourth-order valence-electron chi connectivity index (χ4n) is 1.66. The number of hydrogen-bond acceptors (Lipinski definition) is 2. The van der Waals surface area contributed by atoms with Crippen molar-refractivity contribution in [3.8, 4) is 6.07 Å². The van der Waals surface area contributed by atoms with E-state index in [4.69, 9.17) is 16.9 Å². The van der Waals surface area contributed by atoms with Gasteiger partial charge in [-0.25, -0.2) is 4.39 Å². The van der Waals surface area contributed by atoms with E-state index in [0.717, 1.165) is 5.56 Å². The van der Waals surface area contributed by atoms with Crippen LogP contribution in [0.1, 0.15) is 11.1 Å². The number of benzene rings is 2. The Morgan fingerprint density at radius 1 is 1.32 bits per heavy atom. The summed E-state index contributed by atoms with van der Waals surface area (Å²) in [7, 11) is 0. The Morgan fingerprint density at radius 3 is 2.68 bits per heavy atom. The molecule has 2 aromatic carbocycles. The van der Waals surface area contributed by atoms with Gasteiger partial charge in [-0.05, 0) is 52.7 Å². The summed E-state index contributed by atoms with van der Waals surface area (Å²) in [6, 6.07) is 10.0. The second-order valence-electron chi connectivity index (χ2n) is 4.03. The molecule has 0 unspecified atom stereocenters. The standard InChI is InChI=1S/C14H9BrClFN2/c1-8-2-3-9(7-18)13(4-8)19-14-11(15)5-10(17)6-12(14)16/h2-6,19H,1H3. The minimum absolute atomic E-state index is 0.247. The summed E-state index contributed by atoms with van der Waals surface area (Å²) in [4.78, 5) is 0. The van der Waals surface area contributed by atoms with E-state index < -0.39 is 5.82 Å². The lowest BCUT2D eigenvalue weighted by Crippen LogP contribution is -1.97. The first-order valence-corrected chi connectivity index (χ1v) is 6.60. The van der Waals surface area contributed by atoms with Crippen LogP contribution >= 0.6 is 27.5 Å². The fourth-order valence-corrected chi connectivity index (χ4v) is 2.55. The maximum Gasteiger partial charge on any atom is 0.125 e. The van der Waals surface area contributed by atoms with Crippen LogP contribution in [0.25, 0.3) is 0 Å². The molecule has 96 valence electrons. The first-order valence-electron chi connectivity index (χ1n) is 5.43. The zero-order chi connectivity index (χ0) is 14.0. The average molecular weight is 340 g/mol. The number of nitriles is 1. The van der Waals surface area contributed by atoms with Crippen LogP contribution in [-0.4, -0.2) is 0 Å². The van der Waals surface area contributed by atoms with E-state index in [9.17, 15) is 4.39 Å². The van der Waals surface area contributed by atoms with Crippen LogP contribution in [0.15, 0.2) is 34.8 Å². The van der Waals surface area contributed by atoms with Crippen molar-refractivity contribution >= 4 is 38.9 Å². The molecule has 0 aromatic heterocycles. The minimum atomic E-state index is -0.424. The minimum Gasteiger partial charge on any atom is -0.352 e. The van der Waals surface area contributed by atoms with Crippen molar-refractivity contribution in [2.45, 2.75) is 6.92 Å². The normalized spacial score (nSPS) is 10.1. The van der Waals surface area contributed by atoms with Crippen molar-refractivity contribution in [1.82, 2.24) is 0 Å². The van der Waals surface area contributed by atoms with Gasteiger partial charge < -0.3 is 5.32 Å². The number of aryl methyl sites for hydroxylation is 1. The van der Waals surface area contributed by atoms with Crippen LogP contribution in [0.5, 0.6) is 0 Å². The summed E-state index contributed by atoms with van der Waals surface area (Å²) in [5.74, 6) is -0.424. The van der Waals surface area contributed by atoms with Crippen molar-refractivity contribution in [1.29, 1.82) is 5.26 Å². The molecule has 2 aromatic rings. The Kier molecular flexibility index (Phi) is 4.08.